The molecule has 12 heteroatoms. The Bertz CT molecular complexity index is 1580. The zero-order valence-corrected chi connectivity index (χ0v) is 24.1. The van der Waals surface area contributed by atoms with Crippen molar-refractivity contribution in [1.82, 2.24) is 14.2 Å². The summed E-state index contributed by atoms with van der Waals surface area (Å²) in [6, 6.07) is 13.5. The Hall–Kier alpha value is -3.74. The first kappa shape index (κ1) is 27.8. The van der Waals surface area contributed by atoms with Crippen LogP contribution in [-0.4, -0.2) is 67.4 Å². The number of amides is 2. The number of hydrogen-bond acceptors (Lipinski definition) is 8. The van der Waals surface area contributed by atoms with Crippen molar-refractivity contribution < 1.29 is 27.2 Å². The van der Waals surface area contributed by atoms with E-state index in [1.807, 2.05) is 26.0 Å². The molecule has 40 heavy (non-hydrogen) atoms. The lowest BCUT2D eigenvalue weighted by Crippen LogP contribution is -2.50. The van der Waals surface area contributed by atoms with E-state index >= 15 is 0 Å². The fourth-order valence-electron chi connectivity index (χ4n) is 4.55. The number of fused-ring (bicyclic) bond motifs is 1. The third-order valence-electron chi connectivity index (χ3n) is 6.80. The number of aromatic nitrogens is 1. The van der Waals surface area contributed by atoms with Gasteiger partial charge in [0.2, 0.25) is 10.0 Å². The molecule has 0 aliphatic carbocycles. The highest BCUT2D eigenvalue weighted by molar-refractivity contribution is 7.89. The van der Waals surface area contributed by atoms with Gasteiger partial charge in [-0.05, 0) is 68.3 Å². The van der Waals surface area contributed by atoms with E-state index in [1.54, 1.807) is 30.2 Å². The minimum atomic E-state index is -3.80. The molecule has 4 aromatic rings. The third kappa shape index (κ3) is 5.47. The van der Waals surface area contributed by atoms with Crippen LogP contribution in [0.2, 0.25) is 0 Å². The van der Waals surface area contributed by atoms with Crippen molar-refractivity contribution in [3.05, 3.63) is 77.2 Å². The maximum absolute atomic E-state index is 13.8. The highest BCUT2D eigenvalue weighted by Crippen LogP contribution is 2.34. The standard InChI is InChI=1S/C28H30N4O6S2/c1-4-37-28(34)30-13-15-31(16-14-30)40(35,36)23-11-9-21(10-12-23)26(33)32(18-22-6-5-17-38-22)27-29-24-19(2)7-8-20(3)25(24)39-27/h5-12,17H,4,13-16,18H2,1-3H3. The molecule has 1 fully saturated rings. The summed E-state index contributed by atoms with van der Waals surface area (Å²) >= 11 is 1.44. The minimum Gasteiger partial charge on any atom is -0.467 e. The fourth-order valence-corrected chi connectivity index (χ4v) is 7.08. The number of rotatable bonds is 7. The van der Waals surface area contributed by atoms with Crippen LogP contribution >= 0.6 is 11.3 Å². The number of carbonyl (C=O) groups excluding carboxylic acids is 2. The zero-order valence-electron chi connectivity index (χ0n) is 22.5. The summed E-state index contributed by atoms with van der Waals surface area (Å²) in [6.07, 6.45) is 1.11. The zero-order chi connectivity index (χ0) is 28.4. The van der Waals surface area contributed by atoms with Gasteiger partial charge in [-0.2, -0.15) is 4.31 Å². The van der Waals surface area contributed by atoms with E-state index in [4.69, 9.17) is 14.1 Å². The van der Waals surface area contributed by atoms with Gasteiger partial charge in [-0.25, -0.2) is 18.2 Å². The molecule has 0 bridgehead atoms. The summed E-state index contributed by atoms with van der Waals surface area (Å²) in [5, 5.41) is 0.532. The molecular weight excluding hydrogens is 552 g/mol. The van der Waals surface area contributed by atoms with Gasteiger partial charge in [0, 0.05) is 31.7 Å². The number of sulfonamides is 1. The Morgan fingerprint density at radius 1 is 1.02 bits per heavy atom. The predicted octanol–water partition coefficient (Wildman–Crippen LogP) is 4.82. The summed E-state index contributed by atoms with van der Waals surface area (Å²) in [7, 11) is -3.80. The number of ether oxygens (including phenoxy) is 1. The van der Waals surface area contributed by atoms with E-state index in [9.17, 15) is 18.0 Å². The summed E-state index contributed by atoms with van der Waals surface area (Å²) < 4.78 is 39.4. The maximum atomic E-state index is 13.8. The van der Waals surface area contributed by atoms with Gasteiger partial charge in [-0.1, -0.05) is 23.5 Å². The van der Waals surface area contributed by atoms with Crippen molar-refractivity contribution in [2.45, 2.75) is 32.2 Å². The Kier molecular flexibility index (Phi) is 7.92. The van der Waals surface area contributed by atoms with Gasteiger partial charge in [0.05, 0.1) is 34.5 Å². The van der Waals surface area contributed by atoms with Crippen molar-refractivity contribution >= 4 is 48.7 Å². The topological polar surface area (TPSA) is 113 Å². The van der Waals surface area contributed by atoms with Gasteiger partial charge in [-0.3, -0.25) is 9.69 Å². The quantitative estimate of drug-likeness (QED) is 0.307. The molecule has 2 aromatic heterocycles. The number of piperazine rings is 1. The van der Waals surface area contributed by atoms with Crippen LogP contribution < -0.4 is 4.90 Å². The molecule has 210 valence electrons. The van der Waals surface area contributed by atoms with Gasteiger partial charge in [-0.15, -0.1) is 0 Å². The number of anilines is 1. The molecule has 1 aliphatic heterocycles. The molecule has 2 amide bonds. The average Bonchev–Trinajstić information content (AvgIpc) is 3.65. The number of aryl methyl sites for hydroxylation is 2. The lowest BCUT2D eigenvalue weighted by molar-refractivity contribution is 0.0933. The van der Waals surface area contributed by atoms with Gasteiger partial charge < -0.3 is 14.1 Å². The van der Waals surface area contributed by atoms with E-state index in [-0.39, 0.29) is 50.1 Å². The predicted molar refractivity (Wildman–Crippen MR) is 152 cm³/mol. The smallest absolute Gasteiger partial charge is 0.409 e. The maximum Gasteiger partial charge on any atom is 0.409 e. The van der Waals surface area contributed by atoms with Gasteiger partial charge in [0.25, 0.3) is 5.91 Å². The lowest BCUT2D eigenvalue weighted by atomic mass is 10.1. The van der Waals surface area contributed by atoms with Crippen LogP contribution in [0.15, 0.2) is 64.1 Å². The Morgan fingerprint density at radius 3 is 2.35 bits per heavy atom. The first-order valence-corrected chi connectivity index (χ1v) is 15.2. The average molecular weight is 583 g/mol. The molecule has 0 N–H and O–H groups in total. The molecule has 1 saturated heterocycles. The number of benzene rings is 2. The number of hydrogen-bond donors (Lipinski definition) is 0. The molecule has 0 radical (unpaired) electrons. The van der Waals surface area contributed by atoms with Crippen LogP contribution in [0.4, 0.5) is 9.93 Å². The Labute approximate surface area is 236 Å². The van der Waals surface area contributed by atoms with Gasteiger partial charge in [0.1, 0.15) is 5.76 Å². The van der Waals surface area contributed by atoms with Crippen molar-refractivity contribution in [3.8, 4) is 0 Å². The molecule has 10 nitrogen and oxygen atoms in total. The molecule has 2 aromatic carbocycles. The molecule has 0 unspecified atom stereocenters. The first-order valence-electron chi connectivity index (χ1n) is 12.9. The van der Waals surface area contributed by atoms with Crippen molar-refractivity contribution in [3.63, 3.8) is 0 Å². The monoisotopic (exact) mass is 582 g/mol. The second kappa shape index (κ2) is 11.4. The highest BCUT2D eigenvalue weighted by Gasteiger charge is 2.31. The summed E-state index contributed by atoms with van der Waals surface area (Å²) in [5.74, 6) is 0.278. The summed E-state index contributed by atoms with van der Waals surface area (Å²) in [4.78, 5) is 33.7. The largest absolute Gasteiger partial charge is 0.467 e. The number of nitrogens with zero attached hydrogens (tertiary/aromatic N) is 4. The molecule has 0 saturated carbocycles. The second-order valence-electron chi connectivity index (χ2n) is 9.46. The molecule has 0 atom stereocenters. The van der Waals surface area contributed by atoms with E-state index in [1.165, 1.54) is 44.8 Å². The number of carbonyl (C=O) groups is 2. The van der Waals surface area contributed by atoms with Gasteiger partial charge >= 0.3 is 6.09 Å². The molecule has 3 heterocycles. The summed E-state index contributed by atoms with van der Waals surface area (Å²) in [5.41, 5.74) is 3.27. The molecule has 5 rings (SSSR count). The van der Waals surface area contributed by atoms with Crippen LogP contribution in [0.1, 0.15) is 34.2 Å². The second-order valence-corrected chi connectivity index (χ2v) is 12.4. The van der Waals surface area contributed by atoms with Crippen LogP contribution in [-0.2, 0) is 21.3 Å². The van der Waals surface area contributed by atoms with Crippen molar-refractivity contribution in [2.24, 2.45) is 0 Å². The first-order chi connectivity index (χ1) is 19.2. The third-order valence-corrected chi connectivity index (χ3v) is 9.93. The number of thiazole rings is 1. The molecular formula is C28H30N4O6S2. The van der Waals surface area contributed by atoms with Crippen LogP contribution in [0, 0.1) is 13.8 Å². The van der Waals surface area contributed by atoms with Crippen molar-refractivity contribution in [1.29, 1.82) is 0 Å². The Balaban J connectivity index is 1.38. The fraction of sp³-hybridized carbons (Fsp3) is 0.321. The number of furan rings is 1. The van der Waals surface area contributed by atoms with E-state index < -0.39 is 16.1 Å². The summed E-state index contributed by atoms with van der Waals surface area (Å²) in [6.45, 7) is 6.98. The van der Waals surface area contributed by atoms with E-state index in [2.05, 4.69) is 0 Å². The highest BCUT2D eigenvalue weighted by atomic mass is 32.2. The van der Waals surface area contributed by atoms with E-state index in [0.717, 1.165) is 21.3 Å². The van der Waals surface area contributed by atoms with Crippen LogP contribution in [0.3, 0.4) is 0 Å². The normalized spacial score (nSPS) is 14.4. The molecule has 1 aliphatic rings. The SMILES string of the molecule is CCOC(=O)N1CCN(S(=O)(=O)c2ccc(C(=O)N(Cc3ccco3)c3nc4c(C)ccc(C)c4s3)cc2)CC1. The molecule has 0 spiro atoms. The van der Waals surface area contributed by atoms with E-state index in [0.29, 0.717) is 16.5 Å². The Morgan fingerprint density at radius 2 is 1.73 bits per heavy atom. The lowest BCUT2D eigenvalue weighted by Gasteiger charge is -2.33. The minimum absolute atomic E-state index is 0.0810. The van der Waals surface area contributed by atoms with Crippen molar-refractivity contribution in [2.75, 3.05) is 37.7 Å². The van der Waals surface area contributed by atoms with Gasteiger partial charge in [0.15, 0.2) is 5.13 Å². The van der Waals surface area contributed by atoms with Crippen LogP contribution in [0.5, 0.6) is 0 Å². The van der Waals surface area contributed by atoms with Crippen LogP contribution in [0.25, 0.3) is 10.2 Å².